The van der Waals surface area contributed by atoms with Crippen LogP contribution in [0.25, 0.3) is 10.9 Å². The van der Waals surface area contributed by atoms with Crippen molar-refractivity contribution in [2.45, 2.75) is 0 Å². The van der Waals surface area contributed by atoms with E-state index < -0.39 is 0 Å². The first kappa shape index (κ1) is 7.62. The molecule has 0 aliphatic carbocycles. The quantitative estimate of drug-likeness (QED) is 0.431. The Hall–Kier alpha value is -1.03. The van der Waals surface area contributed by atoms with Gasteiger partial charge in [0.1, 0.15) is 13.4 Å². The molecule has 0 aromatic carbocycles. The summed E-state index contributed by atoms with van der Waals surface area (Å²) in [5.74, 6) is 0. The number of aromatic nitrogens is 3. The van der Waals surface area contributed by atoms with E-state index in [1.807, 2.05) is 13.2 Å². The van der Waals surface area contributed by atoms with E-state index in [1.54, 1.807) is 4.68 Å². The molecule has 0 aliphatic rings. The first-order valence-corrected chi connectivity index (χ1v) is 3.79. The number of rotatable bonds is 0. The van der Waals surface area contributed by atoms with Crippen molar-refractivity contribution >= 4 is 35.8 Å². The Kier molecular flexibility index (Phi) is 1.58. The van der Waals surface area contributed by atoms with Gasteiger partial charge in [-0.25, -0.2) is 4.98 Å². The summed E-state index contributed by atoms with van der Waals surface area (Å²) in [7, 11) is 7.48. The molecule has 0 unspecified atom stereocenters. The largest absolute Gasteiger partial charge is 0.275 e. The van der Waals surface area contributed by atoms with Gasteiger partial charge in [-0.15, -0.1) is 0 Å². The predicted molar refractivity (Wildman–Crippen MR) is 48.9 cm³/mol. The van der Waals surface area contributed by atoms with Crippen LogP contribution in [0.3, 0.4) is 0 Å². The lowest BCUT2D eigenvalue weighted by Gasteiger charge is -1.93. The molecule has 0 N–H and O–H groups in total. The van der Waals surface area contributed by atoms with Gasteiger partial charge in [0, 0.05) is 24.8 Å². The molecule has 0 saturated carbocycles. The Labute approximate surface area is 75.8 Å². The highest BCUT2D eigenvalue weighted by atomic mass is 35.5. The van der Waals surface area contributed by atoms with Crippen molar-refractivity contribution in [1.82, 2.24) is 14.8 Å². The minimum absolute atomic E-state index is 0.389. The van der Waals surface area contributed by atoms with Crippen molar-refractivity contribution in [3.8, 4) is 0 Å². The highest BCUT2D eigenvalue weighted by Gasteiger charge is 2.05. The topological polar surface area (TPSA) is 30.7 Å². The van der Waals surface area contributed by atoms with E-state index >= 15 is 0 Å². The summed E-state index contributed by atoms with van der Waals surface area (Å²) in [5, 5.41) is 5.35. The molecule has 3 nitrogen and oxygen atoms in total. The third kappa shape index (κ3) is 0.993. The van der Waals surface area contributed by atoms with Crippen molar-refractivity contribution in [3.63, 3.8) is 0 Å². The van der Waals surface area contributed by atoms with Crippen LogP contribution in [0.15, 0.2) is 12.4 Å². The first-order valence-electron chi connectivity index (χ1n) is 3.42. The number of nitrogens with zero attached hydrogens (tertiary/aromatic N) is 3. The first-order chi connectivity index (χ1) is 5.68. The second-order valence-electron chi connectivity index (χ2n) is 2.57. The van der Waals surface area contributed by atoms with Crippen molar-refractivity contribution in [1.29, 1.82) is 0 Å². The maximum absolute atomic E-state index is 5.80. The number of halogens is 1. The van der Waals surface area contributed by atoms with Gasteiger partial charge in [0.2, 0.25) is 0 Å². The standard InChI is InChI=1S/C7H5BClN3/c1-12-3-4-5(8)2-10-7(9)6(4)11-12/h2-3H,1H3. The summed E-state index contributed by atoms with van der Waals surface area (Å²) < 4.78 is 1.66. The fourth-order valence-electron chi connectivity index (χ4n) is 1.11. The van der Waals surface area contributed by atoms with E-state index in [2.05, 4.69) is 10.1 Å². The lowest BCUT2D eigenvalue weighted by Crippen LogP contribution is -2.03. The fraction of sp³-hybridized carbons (Fsp3) is 0.143. The number of hydrogen-bond donors (Lipinski definition) is 0. The predicted octanol–water partition coefficient (Wildman–Crippen LogP) is 0.415. The van der Waals surface area contributed by atoms with E-state index in [-0.39, 0.29) is 0 Å². The van der Waals surface area contributed by atoms with Crippen LogP contribution in [0.1, 0.15) is 0 Å². The van der Waals surface area contributed by atoms with Crippen LogP contribution in [0, 0.1) is 0 Å². The highest BCUT2D eigenvalue weighted by molar-refractivity contribution is 6.41. The van der Waals surface area contributed by atoms with Crippen LogP contribution in [-0.2, 0) is 7.05 Å². The zero-order valence-electron chi connectivity index (χ0n) is 6.45. The van der Waals surface area contributed by atoms with Crippen molar-refractivity contribution in [3.05, 3.63) is 17.5 Å². The number of hydrogen-bond acceptors (Lipinski definition) is 2. The molecule has 0 fully saturated rings. The molecule has 0 amide bonds. The minimum atomic E-state index is 0.389. The molecule has 2 rings (SSSR count). The molecule has 2 aromatic rings. The Morgan fingerprint density at radius 1 is 1.58 bits per heavy atom. The van der Waals surface area contributed by atoms with Crippen LogP contribution >= 0.6 is 11.6 Å². The third-order valence-corrected chi connectivity index (χ3v) is 1.93. The van der Waals surface area contributed by atoms with Crippen LogP contribution in [-0.4, -0.2) is 22.6 Å². The van der Waals surface area contributed by atoms with E-state index in [1.165, 1.54) is 6.20 Å². The normalized spacial score (nSPS) is 10.8. The molecule has 0 spiro atoms. The smallest absolute Gasteiger partial charge is 0.157 e. The Bertz CT molecular complexity index is 398. The molecule has 0 bridgehead atoms. The summed E-state index contributed by atoms with van der Waals surface area (Å²) in [4.78, 5) is 3.88. The van der Waals surface area contributed by atoms with Gasteiger partial charge in [-0.3, -0.25) is 4.68 Å². The van der Waals surface area contributed by atoms with E-state index in [0.29, 0.717) is 16.1 Å². The van der Waals surface area contributed by atoms with Crippen molar-refractivity contribution in [2.75, 3.05) is 0 Å². The van der Waals surface area contributed by atoms with E-state index in [4.69, 9.17) is 19.4 Å². The number of pyridine rings is 1. The van der Waals surface area contributed by atoms with Crippen LogP contribution in [0.2, 0.25) is 5.15 Å². The number of aryl methyl sites for hydroxylation is 1. The molecule has 0 aliphatic heterocycles. The molecule has 0 saturated heterocycles. The Morgan fingerprint density at radius 2 is 2.33 bits per heavy atom. The van der Waals surface area contributed by atoms with Gasteiger partial charge < -0.3 is 0 Å². The third-order valence-electron chi connectivity index (χ3n) is 1.65. The second-order valence-corrected chi connectivity index (χ2v) is 2.93. The average molecular weight is 177 g/mol. The molecule has 12 heavy (non-hydrogen) atoms. The second kappa shape index (κ2) is 2.49. The van der Waals surface area contributed by atoms with Gasteiger partial charge in [-0.2, -0.15) is 5.10 Å². The molecule has 2 heterocycles. The molecule has 5 heteroatoms. The molecule has 58 valence electrons. The molecule has 2 radical (unpaired) electrons. The summed E-state index contributed by atoms with van der Waals surface area (Å²) in [6.07, 6.45) is 3.35. The average Bonchev–Trinajstić information content (AvgIpc) is 2.41. The minimum Gasteiger partial charge on any atom is -0.275 e. The van der Waals surface area contributed by atoms with Gasteiger partial charge in [-0.1, -0.05) is 17.1 Å². The van der Waals surface area contributed by atoms with E-state index in [0.717, 1.165) is 5.39 Å². The van der Waals surface area contributed by atoms with Gasteiger partial charge in [0.25, 0.3) is 0 Å². The summed E-state index contributed by atoms with van der Waals surface area (Å²) in [6.45, 7) is 0. The maximum atomic E-state index is 5.80. The van der Waals surface area contributed by atoms with Crippen LogP contribution in [0.4, 0.5) is 0 Å². The SMILES string of the molecule is [B]c1cnc(Cl)c2nn(C)cc12. The summed E-state index contributed by atoms with van der Waals surface area (Å²) in [5.41, 5.74) is 1.25. The van der Waals surface area contributed by atoms with E-state index in [9.17, 15) is 0 Å². The van der Waals surface area contributed by atoms with Crippen LogP contribution < -0.4 is 5.46 Å². The Balaban J connectivity index is 2.93. The summed E-state index contributed by atoms with van der Waals surface area (Å²) >= 11 is 5.80. The molecular formula is C7H5BClN3. The lowest BCUT2D eigenvalue weighted by atomic mass is 9.95. The number of fused-ring (bicyclic) bond motifs is 1. The van der Waals surface area contributed by atoms with Crippen molar-refractivity contribution in [2.24, 2.45) is 7.05 Å². The molecular weight excluding hydrogens is 172 g/mol. The highest BCUT2D eigenvalue weighted by Crippen LogP contribution is 2.16. The monoisotopic (exact) mass is 177 g/mol. The zero-order valence-corrected chi connectivity index (χ0v) is 7.21. The molecule has 0 atom stereocenters. The van der Waals surface area contributed by atoms with Gasteiger partial charge in [0.15, 0.2) is 5.15 Å². The zero-order chi connectivity index (χ0) is 8.72. The van der Waals surface area contributed by atoms with Gasteiger partial charge in [0.05, 0.1) is 0 Å². The van der Waals surface area contributed by atoms with Crippen molar-refractivity contribution < 1.29 is 0 Å². The fourth-order valence-corrected chi connectivity index (χ4v) is 1.30. The summed E-state index contributed by atoms with van der Waals surface area (Å²) in [6, 6.07) is 0. The van der Waals surface area contributed by atoms with Gasteiger partial charge >= 0.3 is 0 Å². The molecule has 2 aromatic heterocycles. The maximum Gasteiger partial charge on any atom is 0.157 e. The Morgan fingerprint density at radius 3 is 3.00 bits per heavy atom. The lowest BCUT2D eigenvalue weighted by molar-refractivity contribution is 0.779. The van der Waals surface area contributed by atoms with Gasteiger partial charge in [-0.05, 0) is 0 Å². The van der Waals surface area contributed by atoms with Crippen LogP contribution in [0.5, 0.6) is 0 Å².